The van der Waals surface area contributed by atoms with Crippen LogP contribution in [-0.2, 0) is 38.4 Å². The summed E-state index contributed by atoms with van der Waals surface area (Å²) in [6, 6.07) is 12.2. The molecule has 0 aromatic heterocycles. The number of benzene rings is 2. The van der Waals surface area contributed by atoms with Crippen LogP contribution in [-0.4, -0.2) is 44.8 Å². The second kappa shape index (κ2) is 8.86. The van der Waals surface area contributed by atoms with Crippen molar-refractivity contribution in [1.82, 2.24) is 0 Å². The fourth-order valence-corrected chi connectivity index (χ4v) is 7.70. The fourth-order valence-electron chi connectivity index (χ4n) is 2.57. The van der Waals surface area contributed by atoms with E-state index in [1.165, 1.54) is 24.3 Å². The van der Waals surface area contributed by atoms with Crippen molar-refractivity contribution in [2.45, 2.75) is 35.8 Å². The summed E-state index contributed by atoms with van der Waals surface area (Å²) in [5, 5.41) is 0. The number of aryl methyl sites for hydroxylation is 2. The molecule has 29 heavy (non-hydrogen) atoms. The van der Waals surface area contributed by atoms with E-state index in [2.05, 4.69) is 0 Å². The summed E-state index contributed by atoms with van der Waals surface area (Å²) in [5.74, 6) is -0.143. The largest absolute Gasteiger partial charge is 0.297 e. The standard InChI is InChI=1S/C18H20O7S4/c1-13-3-7-15(8-4-13)28(20,21)24-17-11-26-27(19)12-18(17)25-29(22,23)16-9-5-14(2)6-10-16/h3-10,17-18H,11-12H2,1-2H3/t17-,18+,27-/m1/s1. The summed E-state index contributed by atoms with van der Waals surface area (Å²) in [6.07, 6.45) is -2.28. The maximum absolute atomic E-state index is 12.6. The molecule has 7 nitrogen and oxygen atoms in total. The third-order valence-corrected chi connectivity index (χ3v) is 9.83. The van der Waals surface area contributed by atoms with Crippen molar-refractivity contribution in [3.63, 3.8) is 0 Å². The molecular formula is C18H20O7S4. The highest BCUT2D eigenvalue weighted by atomic mass is 33.1. The summed E-state index contributed by atoms with van der Waals surface area (Å²) in [4.78, 5) is -0.104. The first-order valence-corrected chi connectivity index (χ1v) is 14.2. The van der Waals surface area contributed by atoms with Gasteiger partial charge in [-0.1, -0.05) is 46.2 Å². The van der Waals surface area contributed by atoms with Crippen LogP contribution in [0.15, 0.2) is 58.3 Å². The van der Waals surface area contributed by atoms with Gasteiger partial charge in [-0.25, -0.2) is 4.21 Å². The van der Waals surface area contributed by atoms with Crippen molar-refractivity contribution in [2.75, 3.05) is 11.5 Å². The Balaban J connectivity index is 1.82. The fraction of sp³-hybridized carbons (Fsp3) is 0.333. The molecule has 1 fully saturated rings. The number of rotatable bonds is 6. The van der Waals surface area contributed by atoms with E-state index in [0.717, 1.165) is 21.9 Å². The first-order valence-electron chi connectivity index (χ1n) is 8.58. The molecule has 0 spiro atoms. The monoisotopic (exact) mass is 476 g/mol. The Kier molecular flexibility index (Phi) is 6.86. The summed E-state index contributed by atoms with van der Waals surface area (Å²) < 4.78 is 72.9. The van der Waals surface area contributed by atoms with Crippen molar-refractivity contribution < 1.29 is 29.4 Å². The van der Waals surface area contributed by atoms with Crippen LogP contribution in [0.3, 0.4) is 0 Å². The minimum atomic E-state index is -4.18. The minimum absolute atomic E-state index is 0.0196. The molecule has 3 rings (SSSR count). The molecule has 2 aromatic rings. The van der Waals surface area contributed by atoms with E-state index in [1.54, 1.807) is 24.3 Å². The highest BCUT2D eigenvalue weighted by Gasteiger charge is 2.38. The van der Waals surface area contributed by atoms with Gasteiger partial charge in [0.1, 0.15) is 12.2 Å². The smallest absolute Gasteiger partial charge is 0.259 e. The Morgan fingerprint density at radius 3 is 1.66 bits per heavy atom. The molecule has 0 unspecified atom stereocenters. The molecule has 158 valence electrons. The summed E-state index contributed by atoms with van der Waals surface area (Å²) >= 11 is 0. The quantitative estimate of drug-likeness (QED) is 0.463. The molecule has 0 N–H and O–H groups in total. The van der Waals surface area contributed by atoms with Gasteiger partial charge >= 0.3 is 0 Å². The molecular weight excluding hydrogens is 456 g/mol. The summed E-state index contributed by atoms with van der Waals surface area (Å²) in [5.41, 5.74) is 1.77. The number of hydrogen-bond donors (Lipinski definition) is 0. The van der Waals surface area contributed by atoms with Crippen LogP contribution in [0.2, 0.25) is 0 Å². The lowest BCUT2D eigenvalue weighted by molar-refractivity contribution is 0.0919. The van der Waals surface area contributed by atoms with E-state index in [0.29, 0.717) is 0 Å². The van der Waals surface area contributed by atoms with Crippen LogP contribution < -0.4 is 0 Å². The highest BCUT2D eigenvalue weighted by molar-refractivity contribution is 8.69. The molecule has 3 atom stereocenters. The SMILES string of the molecule is Cc1ccc(S(=O)(=O)O[C@H]2C[S@](=O)SC[C@H]2OS(=O)(=O)c2ccc(C)cc2)cc1. The Labute approximate surface area is 176 Å². The van der Waals surface area contributed by atoms with Crippen LogP contribution in [0.1, 0.15) is 11.1 Å². The van der Waals surface area contributed by atoms with E-state index >= 15 is 0 Å². The summed E-state index contributed by atoms with van der Waals surface area (Å²) in [6.45, 7) is 3.64. The van der Waals surface area contributed by atoms with Gasteiger partial charge in [0.05, 0.1) is 25.4 Å². The highest BCUT2D eigenvalue weighted by Crippen LogP contribution is 2.29. The summed E-state index contributed by atoms with van der Waals surface area (Å²) in [7, 11) is -8.73. The minimum Gasteiger partial charge on any atom is -0.259 e. The zero-order chi connectivity index (χ0) is 21.2. The molecule has 0 saturated carbocycles. The van der Waals surface area contributed by atoms with E-state index in [1.807, 2.05) is 13.8 Å². The van der Waals surface area contributed by atoms with Crippen molar-refractivity contribution in [3.8, 4) is 0 Å². The van der Waals surface area contributed by atoms with Crippen molar-refractivity contribution in [2.24, 2.45) is 0 Å². The second-order valence-corrected chi connectivity index (χ2v) is 13.0. The van der Waals surface area contributed by atoms with E-state index in [4.69, 9.17) is 8.37 Å². The van der Waals surface area contributed by atoms with Gasteiger partial charge in [-0.05, 0) is 38.1 Å². The van der Waals surface area contributed by atoms with Gasteiger partial charge in [0, 0.05) is 5.75 Å². The van der Waals surface area contributed by atoms with Crippen LogP contribution in [0.25, 0.3) is 0 Å². The molecule has 0 bridgehead atoms. The van der Waals surface area contributed by atoms with Gasteiger partial charge < -0.3 is 0 Å². The third-order valence-electron chi connectivity index (χ3n) is 4.20. The molecule has 1 aliphatic rings. The molecule has 2 aromatic carbocycles. The second-order valence-electron chi connectivity index (χ2n) is 6.56. The Morgan fingerprint density at radius 2 is 1.21 bits per heavy atom. The van der Waals surface area contributed by atoms with Crippen LogP contribution in [0, 0.1) is 13.8 Å². The van der Waals surface area contributed by atoms with Gasteiger partial charge in [-0.15, -0.1) is 0 Å². The average molecular weight is 477 g/mol. The van der Waals surface area contributed by atoms with Crippen LogP contribution in [0.5, 0.6) is 0 Å². The molecule has 1 aliphatic heterocycles. The van der Waals surface area contributed by atoms with Crippen LogP contribution >= 0.6 is 10.8 Å². The predicted molar refractivity (Wildman–Crippen MR) is 112 cm³/mol. The first kappa shape index (κ1) is 22.4. The molecule has 0 radical (unpaired) electrons. The van der Waals surface area contributed by atoms with Crippen molar-refractivity contribution >= 4 is 40.9 Å². The molecule has 11 heteroatoms. The van der Waals surface area contributed by atoms with Gasteiger partial charge in [-0.3, -0.25) is 8.37 Å². The Hall–Kier alpha value is -1.24. The normalized spacial score (nSPS) is 23.0. The van der Waals surface area contributed by atoms with Crippen molar-refractivity contribution in [1.29, 1.82) is 0 Å². The van der Waals surface area contributed by atoms with Gasteiger partial charge in [0.25, 0.3) is 20.2 Å². The topological polar surface area (TPSA) is 104 Å². The lowest BCUT2D eigenvalue weighted by atomic mass is 10.2. The molecule has 1 heterocycles. The zero-order valence-corrected chi connectivity index (χ0v) is 18.9. The zero-order valence-electron chi connectivity index (χ0n) is 15.7. The lowest BCUT2D eigenvalue weighted by Gasteiger charge is -2.29. The first-order chi connectivity index (χ1) is 13.6. The lowest BCUT2D eigenvalue weighted by Crippen LogP contribution is -2.43. The van der Waals surface area contributed by atoms with Gasteiger partial charge in [0.15, 0.2) is 0 Å². The Bertz CT molecular complexity index is 1090. The Morgan fingerprint density at radius 1 is 0.793 bits per heavy atom. The maximum atomic E-state index is 12.6. The van der Waals surface area contributed by atoms with Gasteiger partial charge in [-0.2, -0.15) is 16.8 Å². The maximum Gasteiger partial charge on any atom is 0.297 e. The number of hydrogen-bond acceptors (Lipinski definition) is 8. The molecule has 0 aliphatic carbocycles. The van der Waals surface area contributed by atoms with Crippen LogP contribution in [0.4, 0.5) is 0 Å². The van der Waals surface area contributed by atoms with E-state index in [9.17, 15) is 21.0 Å². The third kappa shape index (κ3) is 5.68. The van der Waals surface area contributed by atoms with E-state index in [-0.39, 0.29) is 21.3 Å². The molecule has 1 saturated heterocycles. The van der Waals surface area contributed by atoms with Crippen molar-refractivity contribution in [3.05, 3.63) is 59.7 Å². The van der Waals surface area contributed by atoms with Gasteiger partial charge in [0.2, 0.25) is 0 Å². The predicted octanol–water partition coefficient (Wildman–Crippen LogP) is 2.56. The average Bonchev–Trinajstić information content (AvgIpc) is 2.64. The molecule has 0 amide bonds. The van der Waals surface area contributed by atoms with E-state index < -0.39 is 42.3 Å².